The molecule has 0 unspecified atom stereocenters. The lowest BCUT2D eigenvalue weighted by atomic mass is 10.2. The van der Waals surface area contributed by atoms with E-state index in [0.717, 1.165) is 25.7 Å². The Morgan fingerprint density at radius 1 is 1.21 bits per heavy atom. The number of esters is 1. The Labute approximate surface area is 186 Å². The second-order valence-electron chi connectivity index (χ2n) is 8.01. The number of fused-ring (bicyclic) bond motifs is 1. The zero-order chi connectivity index (χ0) is 23.1. The van der Waals surface area contributed by atoms with Crippen molar-refractivity contribution in [1.29, 1.82) is 0 Å². The van der Waals surface area contributed by atoms with Gasteiger partial charge in [-0.3, -0.25) is 9.36 Å². The highest BCUT2D eigenvalue weighted by molar-refractivity contribution is 5.86. The number of carbonyl (C=O) groups is 1. The number of furan rings is 1. The molecule has 0 N–H and O–H groups in total. The Kier molecular flexibility index (Phi) is 5.20. The van der Waals surface area contributed by atoms with Crippen molar-refractivity contribution in [3.8, 4) is 5.69 Å². The maximum absolute atomic E-state index is 14.0. The topological polar surface area (TPSA) is 101 Å². The molecule has 0 atom stereocenters. The van der Waals surface area contributed by atoms with Crippen LogP contribution in [0.1, 0.15) is 48.0 Å². The first-order valence-corrected chi connectivity index (χ1v) is 10.6. The molecule has 1 aromatic carbocycles. The van der Waals surface area contributed by atoms with Crippen molar-refractivity contribution in [2.24, 2.45) is 0 Å². The molecule has 9 nitrogen and oxygen atoms in total. The van der Waals surface area contributed by atoms with Crippen molar-refractivity contribution in [3.05, 3.63) is 80.9 Å². The van der Waals surface area contributed by atoms with E-state index < -0.39 is 23.0 Å². The Balaban J connectivity index is 1.71. The fourth-order valence-electron chi connectivity index (χ4n) is 4.45. The number of imidazole rings is 1. The van der Waals surface area contributed by atoms with Crippen LogP contribution in [-0.2, 0) is 11.3 Å². The normalized spacial score (nSPS) is 14.2. The number of nitrogens with zero attached hydrogens (tertiary/aromatic N) is 4. The molecule has 1 fully saturated rings. The predicted molar refractivity (Wildman–Crippen MR) is 116 cm³/mol. The van der Waals surface area contributed by atoms with E-state index in [-0.39, 0.29) is 35.2 Å². The molecule has 170 valence electrons. The summed E-state index contributed by atoms with van der Waals surface area (Å²) in [6.07, 6.45) is 4.73. The smallest absolute Gasteiger partial charge is 0.373 e. The highest BCUT2D eigenvalue weighted by Crippen LogP contribution is 2.28. The number of aromatic nitrogens is 4. The molecule has 0 aliphatic heterocycles. The van der Waals surface area contributed by atoms with Gasteiger partial charge in [-0.05, 0) is 43.2 Å². The van der Waals surface area contributed by atoms with E-state index in [0.29, 0.717) is 5.76 Å². The minimum absolute atomic E-state index is 0.0388. The van der Waals surface area contributed by atoms with Gasteiger partial charge in [0.05, 0.1) is 25.7 Å². The maximum Gasteiger partial charge on any atom is 0.373 e. The first-order chi connectivity index (χ1) is 16.0. The Morgan fingerprint density at radius 2 is 2.00 bits per heavy atom. The molecule has 1 aliphatic rings. The molecule has 0 bridgehead atoms. The summed E-state index contributed by atoms with van der Waals surface area (Å²) in [4.78, 5) is 43.0. The Morgan fingerprint density at radius 3 is 2.73 bits per heavy atom. The van der Waals surface area contributed by atoms with Crippen LogP contribution in [0.25, 0.3) is 16.9 Å². The van der Waals surface area contributed by atoms with Crippen LogP contribution >= 0.6 is 0 Å². The van der Waals surface area contributed by atoms with Crippen LogP contribution in [0.2, 0.25) is 0 Å². The molecule has 4 aromatic rings. The molecule has 0 saturated heterocycles. The number of halogens is 1. The molecule has 1 aliphatic carbocycles. The van der Waals surface area contributed by atoms with Crippen LogP contribution < -0.4 is 11.2 Å². The standard InChI is InChI=1S/C23H21FN4O5/c1-32-22(30)18-10-9-17(33-18)12-26-13-25-20-19(26)21(29)28(15-6-2-3-7-15)23(31)27(20)16-8-4-5-14(24)11-16/h4-5,8-11,13,15H,2-3,6-7,12H2,1H3. The van der Waals surface area contributed by atoms with Crippen molar-refractivity contribution in [2.45, 2.75) is 38.3 Å². The highest BCUT2D eigenvalue weighted by atomic mass is 19.1. The van der Waals surface area contributed by atoms with E-state index in [9.17, 15) is 18.8 Å². The van der Waals surface area contributed by atoms with Gasteiger partial charge in [0, 0.05) is 6.04 Å². The lowest BCUT2D eigenvalue weighted by Gasteiger charge is -2.16. The lowest BCUT2D eigenvalue weighted by Crippen LogP contribution is -2.41. The second kappa shape index (κ2) is 8.19. The molecule has 0 radical (unpaired) electrons. The van der Waals surface area contributed by atoms with Crippen LogP contribution in [0.3, 0.4) is 0 Å². The maximum atomic E-state index is 14.0. The number of ether oxygens (including phenoxy) is 1. The average Bonchev–Trinajstić information content (AvgIpc) is 3.56. The largest absolute Gasteiger partial charge is 0.463 e. The van der Waals surface area contributed by atoms with E-state index in [4.69, 9.17) is 4.42 Å². The number of benzene rings is 1. The third-order valence-electron chi connectivity index (χ3n) is 5.98. The van der Waals surface area contributed by atoms with Crippen molar-refractivity contribution in [2.75, 3.05) is 7.11 Å². The lowest BCUT2D eigenvalue weighted by molar-refractivity contribution is 0.0563. The minimum atomic E-state index is -0.611. The summed E-state index contributed by atoms with van der Waals surface area (Å²) in [5.41, 5.74) is -0.382. The molecule has 3 heterocycles. The highest BCUT2D eigenvalue weighted by Gasteiger charge is 2.26. The number of hydrogen-bond acceptors (Lipinski definition) is 6. The Hall–Kier alpha value is -3.95. The predicted octanol–water partition coefficient (Wildman–Crippen LogP) is 3.03. The van der Waals surface area contributed by atoms with Gasteiger partial charge >= 0.3 is 11.7 Å². The van der Waals surface area contributed by atoms with E-state index >= 15 is 0 Å². The zero-order valence-corrected chi connectivity index (χ0v) is 17.9. The van der Waals surface area contributed by atoms with Crippen LogP contribution in [0.15, 0.2) is 56.7 Å². The van der Waals surface area contributed by atoms with Crippen molar-refractivity contribution in [3.63, 3.8) is 0 Å². The summed E-state index contributed by atoms with van der Waals surface area (Å²) >= 11 is 0. The third-order valence-corrected chi connectivity index (χ3v) is 5.98. The molecule has 33 heavy (non-hydrogen) atoms. The number of hydrogen-bond donors (Lipinski definition) is 0. The monoisotopic (exact) mass is 452 g/mol. The molecule has 3 aromatic heterocycles. The molecular formula is C23H21FN4O5. The third kappa shape index (κ3) is 3.57. The summed E-state index contributed by atoms with van der Waals surface area (Å²) in [6.45, 7) is 0.106. The first-order valence-electron chi connectivity index (χ1n) is 10.6. The van der Waals surface area contributed by atoms with E-state index in [2.05, 4.69) is 9.72 Å². The molecule has 0 spiro atoms. The molecule has 1 saturated carbocycles. The van der Waals surface area contributed by atoms with Crippen LogP contribution in [0.4, 0.5) is 4.39 Å². The molecule has 10 heteroatoms. The number of carbonyl (C=O) groups excluding carboxylic acids is 1. The summed E-state index contributed by atoms with van der Waals surface area (Å²) in [5.74, 6) is -0.668. The molecule has 5 rings (SSSR count). The summed E-state index contributed by atoms with van der Waals surface area (Å²) in [7, 11) is 1.26. The minimum Gasteiger partial charge on any atom is -0.463 e. The van der Waals surface area contributed by atoms with Crippen LogP contribution in [0, 0.1) is 5.82 Å². The van der Waals surface area contributed by atoms with E-state index in [1.165, 1.54) is 46.8 Å². The summed E-state index contributed by atoms with van der Waals surface area (Å²) in [6, 6.07) is 8.48. The van der Waals surface area contributed by atoms with Gasteiger partial charge in [-0.2, -0.15) is 0 Å². The van der Waals surface area contributed by atoms with Gasteiger partial charge in [-0.25, -0.2) is 23.5 Å². The quantitative estimate of drug-likeness (QED) is 0.432. The fourth-order valence-corrected chi connectivity index (χ4v) is 4.45. The van der Waals surface area contributed by atoms with Crippen molar-refractivity contribution in [1.82, 2.24) is 18.7 Å². The molecular weight excluding hydrogens is 431 g/mol. The Bertz CT molecular complexity index is 1470. The molecule has 0 amide bonds. The fraction of sp³-hybridized carbons (Fsp3) is 0.304. The van der Waals surface area contributed by atoms with Gasteiger partial charge in [0.1, 0.15) is 11.6 Å². The van der Waals surface area contributed by atoms with Gasteiger partial charge in [0.15, 0.2) is 11.2 Å². The van der Waals surface area contributed by atoms with Crippen molar-refractivity contribution < 1.29 is 18.3 Å². The van der Waals surface area contributed by atoms with Gasteiger partial charge in [-0.1, -0.05) is 18.9 Å². The van der Waals surface area contributed by atoms with Crippen LogP contribution in [-0.4, -0.2) is 31.8 Å². The summed E-state index contributed by atoms with van der Waals surface area (Å²) < 4.78 is 28.3. The van der Waals surface area contributed by atoms with Crippen LogP contribution in [0.5, 0.6) is 0 Å². The average molecular weight is 452 g/mol. The number of methoxy groups -OCH3 is 1. The van der Waals surface area contributed by atoms with Gasteiger partial charge in [0.25, 0.3) is 5.56 Å². The second-order valence-corrected chi connectivity index (χ2v) is 8.01. The number of rotatable bonds is 5. The first kappa shape index (κ1) is 20.9. The van der Waals surface area contributed by atoms with Crippen molar-refractivity contribution >= 4 is 17.1 Å². The van der Waals surface area contributed by atoms with E-state index in [1.807, 2.05) is 0 Å². The van der Waals surface area contributed by atoms with Gasteiger partial charge in [0.2, 0.25) is 5.76 Å². The van der Waals surface area contributed by atoms with Gasteiger partial charge < -0.3 is 13.7 Å². The summed E-state index contributed by atoms with van der Waals surface area (Å²) in [5, 5.41) is 0. The zero-order valence-electron chi connectivity index (χ0n) is 17.9. The van der Waals surface area contributed by atoms with Gasteiger partial charge in [-0.15, -0.1) is 0 Å². The SMILES string of the molecule is COC(=O)c1ccc(Cn2cnc3c2c(=O)n(C2CCCC2)c(=O)n3-c2cccc(F)c2)o1. The van der Waals surface area contributed by atoms with E-state index in [1.54, 1.807) is 16.7 Å².